The molecule has 0 bridgehead atoms. The first-order chi connectivity index (χ1) is 16.3. The molecule has 0 aliphatic heterocycles. The SMILES string of the molecule is CC(OC[C@@](CCCC(N)=O)(NCCO)c1ccccc1)c1cc(C(F)(F)F)cc(C(F)(F)F)c1. The van der Waals surface area contributed by atoms with E-state index in [0.29, 0.717) is 30.5 Å². The second-order valence-corrected chi connectivity index (χ2v) is 8.21. The fourth-order valence-electron chi connectivity index (χ4n) is 3.74. The lowest BCUT2D eigenvalue weighted by molar-refractivity contribution is -0.143. The summed E-state index contributed by atoms with van der Waals surface area (Å²) in [5.41, 5.74) is 1.84. The summed E-state index contributed by atoms with van der Waals surface area (Å²) in [5, 5.41) is 12.5. The third-order valence-corrected chi connectivity index (χ3v) is 5.59. The van der Waals surface area contributed by atoms with Gasteiger partial charge < -0.3 is 20.9 Å². The van der Waals surface area contributed by atoms with Crippen LogP contribution < -0.4 is 11.1 Å². The van der Waals surface area contributed by atoms with Gasteiger partial charge in [-0.1, -0.05) is 30.3 Å². The number of halogens is 6. The Labute approximate surface area is 199 Å². The van der Waals surface area contributed by atoms with Crippen LogP contribution in [0.25, 0.3) is 0 Å². The minimum Gasteiger partial charge on any atom is -0.395 e. The van der Waals surface area contributed by atoms with E-state index in [9.17, 15) is 36.2 Å². The van der Waals surface area contributed by atoms with Crippen molar-refractivity contribution in [3.8, 4) is 0 Å². The quantitative estimate of drug-likeness (QED) is 0.357. The average molecular weight is 506 g/mol. The van der Waals surface area contributed by atoms with Crippen LogP contribution in [0.2, 0.25) is 0 Å². The van der Waals surface area contributed by atoms with Gasteiger partial charge in [-0.15, -0.1) is 0 Å². The zero-order valence-corrected chi connectivity index (χ0v) is 19.0. The van der Waals surface area contributed by atoms with Crippen molar-refractivity contribution in [2.75, 3.05) is 19.8 Å². The molecule has 4 N–H and O–H groups in total. The van der Waals surface area contributed by atoms with Crippen LogP contribution in [0.1, 0.15) is 54.5 Å². The predicted octanol–water partition coefficient (Wildman–Crippen LogP) is 4.93. The maximum absolute atomic E-state index is 13.3. The molecule has 0 spiro atoms. The van der Waals surface area contributed by atoms with Crippen LogP contribution in [0.5, 0.6) is 0 Å². The smallest absolute Gasteiger partial charge is 0.395 e. The number of rotatable bonds is 12. The molecule has 2 aromatic carbocycles. The fraction of sp³-hybridized carbons (Fsp3) is 0.458. The first kappa shape index (κ1) is 28.6. The van der Waals surface area contributed by atoms with Crippen LogP contribution in [-0.2, 0) is 27.4 Å². The Hall–Kier alpha value is -2.63. The number of nitrogens with two attached hydrogens (primary N) is 1. The van der Waals surface area contributed by atoms with E-state index in [1.54, 1.807) is 30.3 Å². The number of carbonyl (C=O) groups excluding carboxylic acids is 1. The minimum atomic E-state index is -4.97. The van der Waals surface area contributed by atoms with Crippen LogP contribution in [0.3, 0.4) is 0 Å². The van der Waals surface area contributed by atoms with E-state index >= 15 is 0 Å². The molecule has 0 radical (unpaired) electrons. The van der Waals surface area contributed by atoms with Gasteiger partial charge in [0.2, 0.25) is 5.91 Å². The van der Waals surface area contributed by atoms with Crippen molar-refractivity contribution < 1.29 is 41.0 Å². The number of amides is 1. The lowest BCUT2D eigenvalue weighted by Gasteiger charge is -2.36. The summed E-state index contributed by atoms with van der Waals surface area (Å²) >= 11 is 0. The van der Waals surface area contributed by atoms with Gasteiger partial charge in [0.1, 0.15) is 0 Å². The molecule has 35 heavy (non-hydrogen) atoms. The van der Waals surface area contributed by atoms with E-state index in [1.165, 1.54) is 6.92 Å². The van der Waals surface area contributed by atoms with Crippen molar-refractivity contribution in [3.05, 3.63) is 70.8 Å². The molecule has 5 nitrogen and oxygen atoms in total. The molecular formula is C24H28F6N2O3. The van der Waals surface area contributed by atoms with Gasteiger partial charge in [-0.05, 0) is 49.1 Å². The maximum atomic E-state index is 13.3. The van der Waals surface area contributed by atoms with Gasteiger partial charge in [0, 0.05) is 13.0 Å². The van der Waals surface area contributed by atoms with Crippen molar-refractivity contribution in [2.24, 2.45) is 5.73 Å². The molecule has 0 saturated heterocycles. The van der Waals surface area contributed by atoms with Crippen LogP contribution in [0.15, 0.2) is 48.5 Å². The molecule has 11 heteroatoms. The molecule has 2 rings (SSSR count). The number of ether oxygens (including phenoxy) is 1. The minimum absolute atomic E-state index is 0.0630. The summed E-state index contributed by atoms with van der Waals surface area (Å²) in [6, 6.07) is 10.2. The van der Waals surface area contributed by atoms with Crippen molar-refractivity contribution >= 4 is 5.91 Å². The maximum Gasteiger partial charge on any atom is 0.416 e. The van der Waals surface area contributed by atoms with Gasteiger partial charge >= 0.3 is 12.4 Å². The zero-order chi connectivity index (χ0) is 26.3. The largest absolute Gasteiger partial charge is 0.416 e. The van der Waals surface area contributed by atoms with E-state index in [-0.39, 0.29) is 37.8 Å². The Morgan fingerprint density at radius 3 is 2.06 bits per heavy atom. The summed E-state index contributed by atoms with van der Waals surface area (Å²) in [6.07, 6.45) is -10.4. The van der Waals surface area contributed by atoms with Gasteiger partial charge in [-0.25, -0.2) is 0 Å². The highest BCUT2D eigenvalue weighted by atomic mass is 19.4. The highest BCUT2D eigenvalue weighted by molar-refractivity contribution is 5.73. The van der Waals surface area contributed by atoms with Crippen LogP contribution in [0, 0.1) is 0 Å². The van der Waals surface area contributed by atoms with Crippen molar-refractivity contribution in [1.82, 2.24) is 5.32 Å². The summed E-state index contributed by atoms with van der Waals surface area (Å²) in [6.45, 7) is 1.10. The lowest BCUT2D eigenvalue weighted by atomic mass is 9.85. The standard InChI is InChI=1S/C24H28F6N2O3/c1-16(17-12-19(23(25,26)27)14-20(13-17)24(28,29)30)35-15-22(32-10-11-33,9-5-8-21(31)34)18-6-3-2-4-7-18/h2-4,6-7,12-14,16,32-33H,5,8-11,15H2,1H3,(H2,31,34)/t16?,22-/m1/s1. The zero-order valence-electron chi connectivity index (χ0n) is 19.0. The summed E-state index contributed by atoms with van der Waals surface area (Å²) < 4.78 is 85.4. The Bertz CT molecular complexity index is 934. The highest BCUT2D eigenvalue weighted by Crippen LogP contribution is 2.38. The van der Waals surface area contributed by atoms with Crippen LogP contribution in [-0.4, -0.2) is 30.8 Å². The lowest BCUT2D eigenvalue weighted by Crippen LogP contribution is -2.48. The molecule has 2 atom stereocenters. The van der Waals surface area contributed by atoms with Crippen LogP contribution >= 0.6 is 0 Å². The van der Waals surface area contributed by atoms with Gasteiger partial charge in [0.25, 0.3) is 0 Å². The van der Waals surface area contributed by atoms with Crippen LogP contribution in [0.4, 0.5) is 26.3 Å². The fourth-order valence-corrected chi connectivity index (χ4v) is 3.74. The van der Waals surface area contributed by atoms with Gasteiger partial charge in [0.15, 0.2) is 0 Å². The van der Waals surface area contributed by atoms with E-state index in [4.69, 9.17) is 10.5 Å². The monoisotopic (exact) mass is 506 g/mol. The second-order valence-electron chi connectivity index (χ2n) is 8.21. The number of nitrogens with one attached hydrogen (secondary N) is 1. The number of primary amides is 1. The molecule has 194 valence electrons. The van der Waals surface area contributed by atoms with E-state index in [2.05, 4.69) is 5.32 Å². The van der Waals surface area contributed by atoms with Gasteiger partial charge in [0.05, 0.1) is 36.0 Å². The molecule has 1 amide bonds. The van der Waals surface area contributed by atoms with Crippen molar-refractivity contribution in [1.29, 1.82) is 0 Å². The van der Waals surface area contributed by atoms with E-state index in [1.807, 2.05) is 0 Å². The Morgan fingerprint density at radius 2 is 1.57 bits per heavy atom. The number of hydrogen-bond acceptors (Lipinski definition) is 4. The van der Waals surface area contributed by atoms with E-state index in [0.717, 1.165) is 0 Å². The second kappa shape index (κ2) is 11.9. The molecule has 0 aromatic heterocycles. The van der Waals surface area contributed by atoms with E-state index < -0.39 is 41.0 Å². The highest BCUT2D eigenvalue weighted by Gasteiger charge is 2.38. The third kappa shape index (κ3) is 8.22. The normalized spacial score (nSPS) is 15.0. The summed E-state index contributed by atoms with van der Waals surface area (Å²) in [7, 11) is 0. The topological polar surface area (TPSA) is 84.6 Å². The molecule has 0 aliphatic rings. The number of alkyl halides is 6. The third-order valence-electron chi connectivity index (χ3n) is 5.59. The molecule has 0 fully saturated rings. The Morgan fingerprint density at radius 1 is 1.00 bits per heavy atom. The average Bonchev–Trinajstić information content (AvgIpc) is 2.79. The summed E-state index contributed by atoms with van der Waals surface area (Å²) in [4.78, 5) is 11.3. The summed E-state index contributed by atoms with van der Waals surface area (Å²) in [5.74, 6) is -0.521. The van der Waals surface area contributed by atoms with Gasteiger partial charge in [-0.3, -0.25) is 4.79 Å². The number of carbonyl (C=O) groups is 1. The molecule has 1 unspecified atom stereocenters. The Kier molecular flexibility index (Phi) is 9.70. The number of aliphatic hydroxyl groups is 1. The molecule has 0 aliphatic carbocycles. The Balaban J connectivity index is 2.39. The molecular weight excluding hydrogens is 478 g/mol. The van der Waals surface area contributed by atoms with Crippen molar-refractivity contribution in [3.63, 3.8) is 0 Å². The first-order valence-electron chi connectivity index (χ1n) is 10.9. The van der Waals surface area contributed by atoms with Crippen molar-refractivity contribution in [2.45, 2.75) is 50.2 Å². The number of hydrogen-bond donors (Lipinski definition) is 3. The molecule has 0 heterocycles. The first-order valence-corrected chi connectivity index (χ1v) is 10.9. The molecule has 0 saturated carbocycles. The molecule has 2 aromatic rings. The predicted molar refractivity (Wildman–Crippen MR) is 117 cm³/mol. The number of benzene rings is 2. The number of aliphatic hydroxyl groups excluding tert-OH is 1. The van der Waals surface area contributed by atoms with Gasteiger partial charge in [-0.2, -0.15) is 26.3 Å².